The van der Waals surface area contributed by atoms with Gasteiger partial charge in [-0.05, 0) is 70.8 Å². The smallest absolute Gasteiger partial charge is 0.164 e. The molecule has 0 bridgehead atoms. The Bertz CT molecular complexity index is 3170. The molecule has 4 aromatic heterocycles. The second-order valence-corrected chi connectivity index (χ2v) is 15.1. The van der Waals surface area contributed by atoms with Crippen LogP contribution in [0.2, 0.25) is 0 Å². The maximum atomic E-state index is 5.06. The Kier molecular flexibility index (Phi) is 8.11. The van der Waals surface area contributed by atoms with Crippen LogP contribution >= 0.6 is 0 Å². The van der Waals surface area contributed by atoms with E-state index in [1.54, 1.807) is 0 Å². The number of benzene rings is 5. The molecule has 1 atom stereocenters. The number of pyridine rings is 3. The standard InChI is InChI=1S/C52H35N7/c1-52-45(10-6-28-56-52)26-25-42-30-44(32-55-48(42)52)36-15-22-40(23-16-36)51-58-49(38-18-11-34(12-19-38)33-7-3-2-4-8-33)57-50(59-51)39-20-13-35(14-21-39)43-29-41-24-17-37-9-5-27-53-46(37)47(41)54-31-43/h2-32,56H,1H3. The first-order valence-electron chi connectivity index (χ1n) is 19.7. The average Bonchev–Trinajstić information content (AvgIpc) is 3.31. The Labute approximate surface area is 341 Å². The van der Waals surface area contributed by atoms with Crippen LogP contribution in [0.3, 0.4) is 0 Å². The highest BCUT2D eigenvalue weighted by atomic mass is 15.0. The topological polar surface area (TPSA) is 89.4 Å². The van der Waals surface area contributed by atoms with Gasteiger partial charge in [-0.3, -0.25) is 15.0 Å². The summed E-state index contributed by atoms with van der Waals surface area (Å²) >= 11 is 0. The van der Waals surface area contributed by atoms with Gasteiger partial charge in [-0.1, -0.05) is 140 Å². The lowest BCUT2D eigenvalue weighted by atomic mass is 9.79. The van der Waals surface area contributed by atoms with E-state index in [0.717, 1.165) is 83.1 Å². The van der Waals surface area contributed by atoms with E-state index < -0.39 is 0 Å². The van der Waals surface area contributed by atoms with Gasteiger partial charge in [0.05, 0.1) is 16.7 Å². The van der Waals surface area contributed by atoms with Crippen molar-refractivity contribution in [2.75, 3.05) is 0 Å². The van der Waals surface area contributed by atoms with Crippen molar-refractivity contribution < 1.29 is 0 Å². The molecule has 0 radical (unpaired) electrons. The minimum atomic E-state index is -0.348. The number of fused-ring (bicyclic) bond motifs is 6. The Morgan fingerprint density at radius 1 is 0.458 bits per heavy atom. The van der Waals surface area contributed by atoms with Crippen LogP contribution < -0.4 is 5.32 Å². The average molecular weight is 758 g/mol. The molecule has 5 heterocycles. The van der Waals surface area contributed by atoms with Crippen molar-refractivity contribution in [3.8, 4) is 67.5 Å². The second kappa shape index (κ2) is 13.9. The monoisotopic (exact) mass is 757 g/mol. The summed E-state index contributed by atoms with van der Waals surface area (Å²) in [5.41, 5.74) is 14.0. The minimum absolute atomic E-state index is 0.348. The molecule has 0 saturated heterocycles. The number of aromatic nitrogens is 6. The van der Waals surface area contributed by atoms with Crippen LogP contribution in [0.5, 0.6) is 0 Å². The zero-order chi connectivity index (χ0) is 39.3. The molecule has 5 aromatic carbocycles. The van der Waals surface area contributed by atoms with Gasteiger partial charge in [0, 0.05) is 57.2 Å². The van der Waals surface area contributed by atoms with Gasteiger partial charge < -0.3 is 5.32 Å². The van der Waals surface area contributed by atoms with Gasteiger partial charge >= 0.3 is 0 Å². The highest BCUT2D eigenvalue weighted by Crippen LogP contribution is 2.39. The summed E-state index contributed by atoms with van der Waals surface area (Å²) in [6, 6.07) is 48.1. The molecule has 7 heteroatoms. The summed E-state index contributed by atoms with van der Waals surface area (Å²) in [5.74, 6) is 1.80. The summed E-state index contributed by atoms with van der Waals surface area (Å²) in [6.45, 7) is 2.18. The molecule has 0 spiro atoms. The Balaban J connectivity index is 0.941. The molecular weight excluding hydrogens is 723 g/mol. The van der Waals surface area contributed by atoms with Crippen LogP contribution in [-0.2, 0) is 5.54 Å². The third-order valence-electron chi connectivity index (χ3n) is 11.4. The predicted octanol–water partition coefficient (Wildman–Crippen LogP) is 11.7. The van der Waals surface area contributed by atoms with Gasteiger partial charge in [0.2, 0.25) is 0 Å². The van der Waals surface area contributed by atoms with E-state index in [0.29, 0.717) is 17.5 Å². The molecule has 11 rings (SSSR count). The number of allylic oxidation sites excluding steroid dienone is 2. The van der Waals surface area contributed by atoms with Crippen LogP contribution in [0.25, 0.3) is 95.4 Å². The van der Waals surface area contributed by atoms with Gasteiger partial charge in [0.1, 0.15) is 5.54 Å². The Morgan fingerprint density at radius 3 is 1.66 bits per heavy atom. The number of rotatable bonds is 6. The van der Waals surface area contributed by atoms with Crippen molar-refractivity contribution >= 4 is 27.9 Å². The molecule has 278 valence electrons. The predicted molar refractivity (Wildman–Crippen MR) is 238 cm³/mol. The molecule has 9 aromatic rings. The van der Waals surface area contributed by atoms with Crippen molar-refractivity contribution in [3.63, 3.8) is 0 Å². The first-order valence-corrected chi connectivity index (χ1v) is 19.7. The molecule has 0 fully saturated rings. The third kappa shape index (κ3) is 6.17. The highest BCUT2D eigenvalue weighted by molar-refractivity contribution is 6.03. The summed E-state index contributed by atoms with van der Waals surface area (Å²) in [7, 11) is 0. The number of dihydropyridines is 1. The fourth-order valence-corrected chi connectivity index (χ4v) is 8.13. The molecule has 0 saturated carbocycles. The number of hydrogen-bond donors (Lipinski definition) is 1. The molecule has 1 unspecified atom stereocenters. The van der Waals surface area contributed by atoms with E-state index in [2.05, 4.69) is 163 Å². The van der Waals surface area contributed by atoms with Gasteiger partial charge in [-0.2, -0.15) is 0 Å². The van der Waals surface area contributed by atoms with Gasteiger partial charge in [-0.15, -0.1) is 0 Å². The van der Waals surface area contributed by atoms with E-state index in [9.17, 15) is 0 Å². The van der Waals surface area contributed by atoms with Crippen molar-refractivity contribution in [1.29, 1.82) is 0 Å². The fourth-order valence-electron chi connectivity index (χ4n) is 8.13. The van der Waals surface area contributed by atoms with Gasteiger partial charge in [0.25, 0.3) is 0 Å². The van der Waals surface area contributed by atoms with Crippen LogP contribution in [0.15, 0.2) is 188 Å². The van der Waals surface area contributed by atoms with E-state index in [4.69, 9.17) is 24.9 Å². The molecule has 7 nitrogen and oxygen atoms in total. The van der Waals surface area contributed by atoms with Crippen molar-refractivity contribution in [3.05, 3.63) is 199 Å². The van der Waals surface area contributed by atoms with Crippen LogP contribution in [0.1, 0.15) is 18.2 Å². The van der Waals surface area contributed by atoms with Crippen molar-refractivity contribution in [2.24, 2.45) is 0 Å². The SMILES string of the molecule is CC12NC=CC=C1C=Cc1cc(-c3ccc(-c4nc(-c5ccc(-c6ccccc6)cc5)nc(-c5ccc(-c6cnc7c(ccc8cccnc87)c6)cc5)n4)cc3)cnc12. The molecule has 1 aliphatic carbocycles. The summed E-state index contributed by atoms with van der Waals surface area (Å²) in [6.07, 6.45) is 16.2. The molecule has 2 aliphatic rings. The maximum absolute atomic E-state index is 5.06. The number of nitrogens with zero attached hydrogens (tertiary/aromatic N) is 6. The first-order chi connectivity index (χ1) is 29.1. The lowest BCUT2D eigenvalue weighted by molar-refractivity contribution is 0.482. The summed E-state index contributed by atoms with van der Waals surface area (Å²) < 4.78 is 0. The molecule has 1 N–H and O–H groups in total. The van der Waals surface area contributed by atoms with Crippen molar-refractivity contribution in [1.82, 2.24) is 35.2 Å². The Morgan fingerprint density at radius 2 is 1.00 bits per heavy atom. The lowest BCUT2D eigenvalue weighted by Crippen LogP contribution is -2.41. The number of hydrogen-bond acceptors (Lipinski definition) is 7. The Hall–Kier alpha value is -7.90. The van der Waals surface area contributed by atoms with Crippen molar-refractivity contribution in [2.45, 2.75) is 12.5 Å². The zero-order valence-electron chi connectivity index (χ0n) is 32.1. The lowest BCUT2D eigenvalue weighted by Gasteiger charge is -2.36. The summed E-state index contributed by atoms with van der Waals surface area (Å²) in [5, 5.41) is 5.64. The fraction of sp³-hybridized carbons (Fsp3) is 0.0385. The third-order valence-corrected chi connectivity index (χ3v) is 11.4. The van der Waals surface area contributed by atoms with E-state index in [1.165, 1.54) is 5.57 Å². The molecule has 0 amide bonds. The second-order valence-electron chi connectivity index (χ2n) is 15.1. The number of nitrogens with one attached hydrogen (secondary N) is 1. The summed E-state index contributed by atoms with van der Waals surface area (Å²) in [4.78, 5) is 29.5. The van der Waals surface area contributed by atoms with Crippen LogP contribution in [-0.4, -0.2) is 29.9 Å². The van der Waals surface area contributed by atoms with Crippen LogP contribution in [0.4, 0.5) is 0 Å². The normalized spacial score (nSPS) is 15.4. The van der Waals surface area contributed by atoms with E-state index in [-0.39, 0.29) is 5.54 Å². The van der Waals surface area contributed by atoms with E-state index >= 15 is 0 Å². The minimum Gasteiger partial charge on any atom is -0.376 e. The van der Waals surface area contributed by atoms with Gasteiger partial charge in [0.15, 0.2) is 17.5 Å². The highest BCUT2D eigenvalue weighted by Gasteiger charge is 2.35. The molecule has 59 heavy (non-hydrogen) atoms. The van der Waals surface area contributed by atoms with E-state index in [1.807, 2.05) is 43.0 Å². The van der Waals surface area contributed by atoms with Crippen LogP contribution in [0, 0.1) is 0 Å². The first kappa shape index (κ1) is 34.4. The molecular formula is C52H35N7. The quantitative estimate of drug-likeness (QED) is 0.169. The maximum Gasteiger partial charge on any atom is 0.164 e. The molecule has 1 aliphatic heterocycles. The van der Waals surface area contributed by atoms with Gasteiger partial charge in [-0.25, -0.2) is 15.0 Å². The zero-order valence-corrected chi connectivity index (χ0v) is 32.1. The largest absolute Gasteiger partial charge is 0.376 e.